The van der Waals surface area contributed by atoms with E-state index in [1.807, 2.05) is 0 Å². The summed E-state index contributed by atoms with van der Waals surface area (Å²) in [4.78, 5) is 14.3. The molecule has 0 spiro atoms. The molecule has 1 heterocycles. The second kappa shape index (κ2) is 17.9. The van der Waals surface area contributed by atoms with E-state index in [-0.39, 0.29) is 64.4 Å². The third kappa shape index (κ3) is 10.1. The molecule has 0 aromatic heterocycles. The Labute approximate surface area is 345 Å². The van der Waals surface area contributed by atoms with Crippen molar-refractivity contribution in [1.29, 1.82) is 0 Å². The minimum atomic E-state index is -5.04. The topological polar surface area (TPSA) is 31.2 Å². The summed E-state index contributed by atoms with van der Waals surface area (Å²) in [6, 6.07) is 18.9. The number of benzene rings is 4. The molecule has 1 aliphatic rings. The molecular weight excluding hydrogens is 770 g/mol. The average molecular weight is 825 g/mol. The first-order valence-corrected chi connectivity index (χ1v) is 20.5. The van der Waals surface area contributed by atoms with Crippen LogP contribution in [0.1, 0.15) is 155 Å². The highest BCUT2D eigenvalue weighted by molar-refractivity contribution is 6.33. The van der Waals surface area contributed by atoms with Crippen LogP contribution in [0.25, 0.3) is 0 Å². The molecule has 1 saturated heterocycles. The van der Waals surface area contributed by atoms with E-state index in [4.69, 9.17) is 21.6 Å². The van der Waals surface area contributed by atoms with Crippen LogP contribution in [0.4, 0.5) is 37.7 Å². The summed E-state index contributed by atoms with van der Waals surface area (Å²) in [5.41, 5.74) is 4.55. The first kappa shape index (κ1) is 44.8. The number of hydrogen-bond acceptors (Lipinski definition) is 2. The zero-order valence-corrected chi connectivity index (χ0v) is 35.8. The van der Waals surface area contributed by atoms with E-state index in [9.17, 15) is 26.3 Å². The van der Waals surface area contributed by atoms with Crippen molar-refractivity contribution in [3.63, 3.8) is 0 Å². The van der Waals surface area contributed by atoms with E-state index in [0.717, 1.165) is 45.6 Å². The zero-order chi connectivity index (χ0) is 42.9. The van der Waals surface area contributed by atoms with Crippen LogP contribution in [0.3, 0.4) is 0 Å². The Hall–Kier alpha value is -4.31. The first-order chi connectivity index (χ1) is 27.1. The van der Waals surface area contributed by atoms with Crippen LogP contribution >= 0.6 is 11.6 Å². The van der Waals surface area contributed by atoms with Gasteiger partial charge in [-0.3, -0.25) is 0 Å². The van der Waals surface area contributed by atoms with E-state index in [2.05, 4.69) is 104 Å². The summed E-state index contributed by atoms with van der Waals surface area (Å²) < 4.78 is 85.8. The molecule has 4 aromatic rings. The normalized spacial score (nSPS) is 14.9. The summed E-state index contributed by atoms with van der Waals surface area (Å²) in [6.07, 6.45) is -9.56. The summed E-state index contributed by atoms with van der Waals surface area (Å²) in [7, 11) is 0. The van der Waals surface area contributed by atoms with Crippen LogP contribution in [-0.2, 0) is 12.4 Å². The van der Waals surface area contributed by atoms with E-state index in [1.165, 1.54) is 5.56 Å². The Morgan fingerprint density at radius 1 is 0.569 bits per heavy atom. The highest BCUT2D eigenvalue weighted by Gasteiger charge is 2.38. The molecule has 312 valence electrons. The summed E-state index contributed by atoms with van der Waals surface area (Å²) in [5.74, 6) is 1.42. The molecule has 1 aliphatic heterocycles. The molecule has 0 N–H and O–H groups in total. The molecular formula is C47H55ClF6N4. The van der Waals surface area contributed by atoms with Crippen LogP contribution < -0.4 is 0 Å². The van der Waals surface area contributed by atoms with Gasteiger partial charge in [0.1, 0.15) is 11.7 Å². The molecule has 58 heavy (non-hydrogen) atoms. The van der Waals surface area contributed by atoms with Crippen LogP contribution in [0.15, 0.2) is 82.8 Å². The van der Waals surface area contributed by atoms with Gasteiger partial charge in [-0.1, -0.05) is 123 Å². The Kier molecular flexibility index (Phi) is 13.8. The third-order valence-electron chi connectivity index (χ3n) is 10.6. The van der Waals surface area contributed by atoms with Crippen molar-refractivity contribution in [2.45, 2.75) is 118 Å². The zero-order valence-electron chi connectivity index (χ0n) is 35.1. The lowest BCUT2D eigenvalue weighted by atomic mass is 9.83. The fourth-order valence-corrected chi connectivity index (χ4v) is 7.63. The van der Waals surface area contributed by atoms with Crippen molar-refractivity contribution < 1.29 is 26.3 Å². The van der Waals surface area contributed by atoms with Crippen LogP contribution in [-0.4, -0.2) is 41.2 Å². The largest absolute Gasteiger partial charge is 0.416 e. The SMILES string of the molecule is CC(C)c1cc(C(C)C)c(C(=Nc2c(C(C)C)cccc2C(C)C)N2CCCN(C(=Nc3ccccc3Cl)c3cc(C(F)(F)F)cc(C(F)(F)F)c3)C2)c(C(C)C)c1. The minimum absolute atomic E-state index is 0.0532. The molecule has 0 atom stereocenters. The van der Waals surface area contributed by atoms with Crippen molar-refractivity contribution in [2.75, 3.05) is 19.8 Å². The number of amidine groups is 2. The first-order valence-electron chi connectivity index (χ1n) is 20.1. The predicted molar refractivity (Wildman–Crippen MR) is 227 cm³/mol. The molecule has 0 unspecified atom stereocenters. The number of alkyl halides is 6. The van der Waals surface area contributed by atoms with Gasteiger partial charge in [0.05, 0.1) is 34.2 Å². The summed E-state index contributed by atoms with van der Waals surface area (Å²) in [5, 5.41) is 0.207. The predicted octanol–water partition coefficient (Wildman–Crippen LogP) is 14.8. The van der Waals surface area contributed by atoms with Crippen molar-refractivity contribution in [2.24, 2.45) is 9.98 Å². The molecule has 0 radical (unpaired) electrons. The molecule has 4 nitrogen and oxygen atoms in total. The molecule has 1 fully saturated rings. The van der Waals surface area contributed by atoms with Gasteiger partial charge >= 0.3 is 12.4 Å². The van der Waals surface area contributed by atoms with Crippen molar-refractivity contribution in [3.05, 3.63) is 128 Å². The number of aliphatic imine (C=N–C) groups is 2. The second-order valence-electron chi connectivity index (χ2n) is 16.8. The minimum Gasteiger partial charge on any atom is -0.338 e. The Bertz CT molecular complexity index is 2060. The summed E-state index contributed by atoms with van der Waals surface area (Å²) >= 11 is 6.55. The summed E-state index contributed by atoms with van der Waals surface area (Å²) in [6.45, 7) is 22.5. The Morgan fingerprint density at radius 2 is 1.05 bits per heavy atom. The fraction of sp³-hybridized carbons (Fsp3) is 0.447. The van der Waals surface area contributed by atoms with Crippen molar-refractivity contribution in [1.82, 2.24) is 9.80 Å². The van der Waals surface area contributed by atoms with Gasteiger partial charge in [-0.05, 0) is 94.2 Å². The third-order valence-corrected chi connectivity index (χ3v) is 11.0. The molecule has 0 saturated carbocycles. The Balaban J connectivity index is 1.84. The fourth-order valence-electron chi connectivity index (χ4n) is 7.45. The quantitative estimate of drug-likeness (QED) is 0.0956. The van der Waals surface area contributed by atoms with Crippen LogP contribution in [0.2, 0.25) is 5.02 Å². The standard InChI is InChI=1S/C47H55ClF6N4/c1-27(2)32-23-38(30(7)8)42(39(24-32)31(9)10)45(56-43-36(28(3)4)15-13-16-37(43)29(5)6)58-20-14-19-57(26-58)44(55-41-18-12-11-17-40(41)48)33-21-34(46(49,50)51)25-35(22-33)47(52,53)54/h11-13,15-18,21-25,27-31H,14,19-20,26H2,1-10H3. The van der Waals surface area contributed by atoms with Gasteiger partial charge < -0.3 is 9.80 Å². The van der Waals surface area contributed by atoms with E-state index < -0.39 is 23.5 Å². The maximum Gasteiger partial charge on any atom is 0.416 e. The second-order valence-corrected chi connectivity index (χ2v) is 17.2. The van der Waals surface area contributed by atoms with Gasteiger partial charge in [-0.2, -0.15) is 26.3 Å². The van der Waals surface area contributed by atoms with Gasteiger partial charge in [-0.15, -0.1) is 0 Å². The lowest BCUT2D eigenvalue weighted by Gasteiger charge is -2.40. The molecule has 0 aliphatic carbocycles. The molecule has 11 heteroatoms. The number of hydrogen-bond donors (Lipinski definition) is 0. The van der Waals surface area contributed by atoms with Gasteiger partial charge in [0.25, 0.3) is 0 Å². The maximum atomic E-state index is 14.3. The van der Waals surface area contributed by atoms with Crippen molar-refractivity contribution in [3.8, 4) is 0 Å². The number of para-hydroxylation sites is 2. The maximum absolute atomic E-state index is 14.3. The number of nitrogens with zero attached hydrogens (tertiary/aromatic N) is 4. The Morgan fingerprint density at radius 3 is 1.50 bits per heavy atom. The van der Waals surface area contributed by atoms with Gasteiger partial charge in [0.15, 0.2) is 0 Å². The van der Waals surface area contributed by atoms with Gasteiger partial charge in [0, 0.05) is 24.2 Å². The number of halogens is 7. The molecule has 5 rings (SSSR count). The molecule has 4 aromatic carbocycles. The molecule has 0 amide bonds. The lowest BCUT2D eigenvalue weighted by Crippen LogP contribution is -2.50. The van der Waals surface area contributed by atoms with Crippen LogP contribution in [0, 0.1) is 0 Å². The van der Waals surface area contributed by atoms with Crippen LogP contribution in [0.5, 0.6) is 0 Å². The number of rotatable bonds is 9. The highest BCUT2D eigenvalue weighted by atomic mass is 35.5. The average Bonchev–Trinajstić information content (AvgIpc) is 3.15. The van der Waals surface area contributed by atoms with E-state index >= 15 is 0 Å². The lowest BCUT2D eigenvalue weighted by molar-refractivity contribution is -0.143. The van der Waals surface area contributed by atoms with Gasteiger partial charge in [-0.25, -0.2) is 9.98 Å². The van der Waals surface area contributed by atoms with E-state index in [0.29, 0.717) is 25.3 Å². The highest BCUT2D eigenvalue weighted by Crippen LogP contribution is 2.41. The van der Waals surface area contributed by atoms with Crippen molar-refractivity contribution >= 4 is 34.6 Å². The monoisotopic (exact) mass is 824 g/mol. The van der Waals surface area contributed by atoms with Gasteiger partial charge in [0.2, 0.25) is 0 Å². The van der Waals surface area contributed by atoms with E-state index in [1.54, 1.807) is 29.2 Å². The smallest absolute Gasteiger partial charge is 0.338 e. The molecule has 0 bridgehead atoms.